The highest BCUT2D eigenvalue weighted by Gasteiger charge is 2.18. The van der Waals surface area contributed by atoms with Gasteiger partial charge < -0.3 is 19.7 Å². The van der Waals surface area contributed by atoms with E-state index in [2.05, 4.69) is 5.32 Å². The molecule has 0 saturated heterocycles. The number of hydrogen-bond acceptors (Lipinski definition) is 4. The fourth-order valence-corrected chi connectivity index (χ4v) is 2.80. The molecule has 0 spiro atoms. The molecule has 2 rings (SSSR count). The molecule has 0 saturated carbocycles. The number of nitrogens with one attached hydrogen (secondary N) is 1. The van der Waals surface area contributed by atoms with Crippen molar-refractivity contribution in [3.05, 3.63) is 53.1 Å². The molecule has 0 unspecified atom stereocenters. The third kappa shape index (κ3) is 6.16. The zero-order valence-corrected chi connectivity index (χ0v) is 17.1. The summed E-state index contributed by atoms with van der Waals surface area (Å²) in [7, 11) is 1.53. The third-order valence-corrected chi connectivity index (χ3v) is 4.31. The van der Waals surface area contributed by atoms with Gasteiger partial charge in [-0.3, -0.25) is 9.59 Å². The van der Waals surface area contributed by atoms with Crippen molar-refractivity contribution < 1.29 is 19.1 Å². The number of para-hydroxylation sites is 2. The molecule has 0 aliphatic rings. The summed E-state index contributed by atoms with van der Waals surface area (Å²) in [5.41, 5.74) is 1.54. The van der Waals surface area contributed by atoms with Crippen molar-refractivity contribution in [2.75, 3.05) is 32.1 Å². The first kappa shape index (κ1) is 21.6. The van der Waals surface area contributed by atoms with Crippen LogP contribution in [0.15, 0.2) is 42.5 Å². The van der Waals surface area contributed by atoms with E-state index >= 15 is 0 Å². The van der Waals surface area contributed by atoms with Gasteiger partial charge in [0.25, 0.3) is 5.91 Å². The topological polar surface area (TPSA) is 67.9 Å². The lowest BCUT2D eigenvalue weighted by atomic mass is 10.2. The zero-order chi connectivity index (χ0) is 20.5. The van der Waals surface area contributed by atoms with Crippen LogP contribution in [0.2, 0.25) is 5.02 Å². The fourth-order valence-electron chi connectivity index (χ4n) is 2.62. The van der Waals surface area contributed by atoms with E-state index in [4.69, 9.17) is 21.1 Å². The quantitative estimate of drug-likeness (QED) is 0.688. The van der Waals surface area contributed by atoms with Gasteiger partial charge in [0.1, 0.15) is 11.5 Å². The molecule has 2 aromatic carbocycles. The van der Waals surface area contributed by atoms with E-state index in [-0.39, 0.29) is 25.0 Å². The van der Waals surface area contributed by atoms with Crippen molar-refractivity contribution in [1.82, 2.24) is 4.90 Å². The Balaban J connectivity index is 1.98. The maximum Gasteiger partial charge on any atom is 0.260 e. The van der Waals surface area contributed by atoms with E-state index in [1.807, 2.05) is 26.0 Å². The molecule has 0 radical (unpaired) electrons. The van der Waals surface area contributed by atoms with Gasteiger partial charge in [0.2, 0.25) is 5.91 Å². The summed E-state index contributed by atoms with van der Waals surface area (Å²) < 4.78 is 10.8. The molecule has 0 atom stereocenters. The minimum atomic E-state index is -0.306. The Morgan fingerprint density at radius 2 is 1.89 bits per heavy atom. The van der Waals surface area contributed by atoms with Crippen LogP contribution >= 0.6 is 11.6 Å². The molecule has 2 aromatic rings. The Hall–Kier alpha value is -2.73. The number of aryl methyl sites for hydroxylation is 1. The first-order valence-electron chi connectivity index (χ1n) is 9.04. The van der Waals surface area contributed by atoms with Crippen molar-refractivity contribution in [3.63, 3.8) is 0 Å². The highest BCUT2D eigenvalue weighted by Crippen LogP contribution is 2.25. The second kappa shape index (κ2) is 10.6. The molecule has 6 nitrogen and oxygen atoms in total. The lowest BCUT2D eigenvalue weighted by Crippen LogP contribution is -2.41. The molecular weight excluding hydrogens is 380 g/mol. The average Bonchev–Trinajstić information content (AvgIpc) is 2.68. The third-order valence-electron chi connectivity index (χ3n) is 4.00. The van der Waals surface area contributed by atoms with Gasteiger partial charge in [-0.2, -0.15) is 0 Å². The van der Waals surface area contributed by atoms with Crippen molar-refractivity contribution in [1.29, 1.82) is 0 Å². The number of halogens is 1. The highest BCUT2D eigenvalue weighted by atomic mass is 35.5. The lowest BCUT2D eigenvalue weighted by molar-refractivity contribution is -0.136. The van der Waals surface area contributed by atoms with Crippen LogP contribution in [0.4, 0.5) is 5.69 Å². The Morgan fingerprint density at radius 3 is 2.61 bits per heavy atom. The Morgan fingerprint density at radius 1 is 1.14 bits per heavy atom. The molecular formula is C21H25ClN2O4. The Bertz CT molecular complexity index is 826. The number of anilines is 1. The van der Waals surface area contributed by atoms with Crippen LogP contribution in [-0.4, -0.2) is 43.5 Å². The summed E-state index contributed by atoms with van der Waals surface area (Å²) in [5, 5.41) is 3.22. The number of rotatable bonds is 9. The van der Waals surface area contributed by atoms with E-state index in [1.165, 1.54) is 12.0 Å². The smallest absolute Gasteiger partial charge is 0.260 e. The number of nitrogens with zero attached hydrogens (tertiary/aromatic N) is 1. The van der Waals surface area contributed by atoms with Crippen molar-refractivity contribution in [2.24, 2.45) is 0 Å². The second-order valence-electron chi connectivity index (χ2n) is 6.29. The molecule has 28 heavy (non-hydrogen) atoms. The van der Waals surface area contributed by atoms with Crippen LogP contribution in [0, 0.1) is 6.92 Å². The molecule has 1 N–H and O–H groups in total. The molecule has 0 heterocycles. The lowest BCUT2D eigenvalue weighted by Gasteiger charge is -2.22. The normalized spacial score (nSPS) is 10.3. The van der Waals surface area contributed by atoms with Gasteiger partial charge >= 0.3 is 0 Å². The number of benzene rings is 2. The number of methoxy groups -OCH3 is 1. The molecule has 0 fully saturated rings. The number of carbonyl (C=O) groups is 2. The largest absolute Gasteiger partial charge is 0.495 e. The summed E-state index contributed by atoms with van der Waals surface area (Å²) >= 11 is 6.10. The van der Waals surface area contributed by atoms with Gasteiger partial charge in [-0.15, -0.1) is 0 Å². The standard InChI is InChI=1S/C21H25ClN2O4/c1-4-11-24(13-20(25)23-17-7-5-6-8-18(17)27-3)21(26)14-28-19-12-15(2)9-10-16(19)22/h5-10,12H,4,11,13-14H2,1-3H3,(H,23,25). The summed E-state index contributed by atoms with van der Waals surface area (Å²) in [6.07, 6.45) is 0.721. The molecule has 0 aromatic heterocycles. The first-order chi connectivity index (χ1) is 13.4. The molecule has 0 bridgehead atoms. The minimum Gasteiger partial charge on any atom is -0.495 e. The number of hydrogen-bond donors (Lipinski definition) is 1. The molecule has 0 aliphatic heterocycles. The summed E-state index contributed by atoms with van der Waals surface area (Å²) in [6.45, 7) is 4.04. The van der Waals surface area contributed by atoms with E-state index < -0.39 is 0 Å². The second-order valence-corrected chi connectivity index (χ2v) is 6.69. The predicted molar refractivity (Wildman–Crippen MR) is 110 cm³/mol. The van der Waals surface area contributed by atoms with Gasteiger partial charge in [0.15, 0.2) is 6.61 Å². The number of amides is 2. The summed E-state index contributed by atoms with van der Waals surface area (Å²) in [5.74, 6) is 0.418. The minimum absolute atomic E-state index is 0.0738. The van der Waals surface area contributed by atoms with Crippen LogP contribution < -0.4 is 14.8 Å². The van der Waals surface area contributed by atoms with Gasteiger partial charge in [0, 0.05) is 6.54 Å². The maximum absolute atomic E-state index is 12.6. The maximum atomic E-state index is 12.6. The van der Waals surface area contributed by atoms with Crippen LogP contribution in [0.5, 0.6) is 11.5 Å². The van der Waals surface area contributed by atoms with Crippen molar-refractivity contribution >= 4 is 29.1 Å². The van der Waals surface area contributed by atoms with Crippen LogP contribution in [0.25, 0.3) is 0 Å². The summed E-state index contributed by atoms with van der Waals surface area (Å²) in [4.78, 5) is 26.5. The van der Waals surface area contributed by atoms with Gasteiger partial charge in [-0.1, -0.05) is 36.7 Å². The van der Waals surface area contributed by atoms with Crippen molar-refractivity contribution in [3.8, 4) is 11.5 Å². The van der Waals surface area contributed by atoms with Crippen LogP contribution in [-0.2, 0) is 9.59 Å². The Labute approximate surface area is 170 Å². The monoisotopic (exact) mass is 404 g/mol. The Kier molecular flexibility index (Phi) is 8.14. The van der Waals surface area contributed by atoms with E-state index in [1.54, 1.807) is 30.3 Å². The van der Waals surface area contributed by atoms with Gasteiger partial charge in [0.05, 0.1) is 24.4 Å². The fraction of sp³-hybridized carbons (Fsp3) is 0.333. The first-order valence-corrected chi connectivity index (χ1v) is 9.42. The van der Waals surface area contributed by atoms with Crippen LogP contribution in [0.1, 0.15) is 18.9 Å². The van der Waals surface area contributed by atoms with Crippen molar-refractivity contribution in [2.45, 2.75) is 20.3 Å². The molecule has 150 valence electrons. The van der Waals surface area contributed by atoms with Gasteiger partial charge in [-0.25, -0.2) is 0 Å². The van der Waals surface area contributed by atoms with Gasteiger partial charge in [-0.05, 0) is 43.2 Å². The molecule has 2 amide bonds. The van der Waals surface area contributed by atoms with E-state index in [0.717, 1.165) is 12.0 Å². The number of ether oxygens (including phenoxy) is 2. The summed E-state index contributed by atoms with van der Waals surface area (Å²) in [6, 6.07) is 12.5. The van der Waals surface area contributed by atoms with E-state index in [9.17, 15) is 9.59 Å². The van der Waals surface area contributed by atoms with Crippen LogP contribution in [0.3, 0.4) is 0 Å². The molecule has 0 aliphatic carbocycles. The predicted octanol–water partition coefficient (Wildman–Crippen LogP) is 3.91. The van der Waals surface area contributed by atoms with E-state index in [0.29, 0.717) is 28.8 Å². The highest BCUT2D eigenvalue weighted by molar-refractivity contribution is 6.32. The average molecular weight is 405 g/mol. The SMILES string of the molecule is CCCN(CC(=O)Nc1ccccc1OC)C(=O)COc1cc(C)ccc1Cl. The number of carbonyl (C=O) groups excluding carboxylic acids is 2. The molecule has 7 heteroatoms. The zero-order valence-electron chi connectivity index (χ0n) is 16.3.